The molecule has 1 heterocycles. The minimum Gasteiger partial charge on any atom is -0.318 e. The van der Waals surface area contributed by atoms with Crippen LogP contribution < -0.4 is 10.6 Å². The Kier molecular flexibility index (Phi) is 7.44. The molecule has 186 valence electrons. The SMILES string of the molecule is CN(CC(=O)Nc1cc(C(C)(C)C)nn1-c1ccc(Cl)cc1)C(=O)Nc1ccccc1C(F)(F)F. The Balaban J connectivity index is 1.75. The van der Waals surface area contributed by atoms with Crippen molar-refractivity contribution in [3.63, 3.8) is 0 Å². The number of para-hydroxylation sites is 1. The fraction of sp³-hybridized carbons (Fsp3) is 0.292. The number of rotatable bonds is 5. The highest BCUT2D eigenvalue weighted by atomic mass is 35.5. The summed E-state index contributed by atoms with van der Waals surface area (Å²) in [6.45, 7) is 5.52. The van der Waals surface area contributed by atoms with Gasteiger partial charge >= 0.3 is 12.2 Å². The largest absolute Gasteiger partial charge is 0.418 e. The van der Waals surface area contributed by atoms with Crippen LogP contribution in [0.15, 0.2) is 54.6 Å². The first-order valence-electron chi connectivity index (χ1n) is 10.6. The number of halogens is 4. The second-order valence-electron chi connectivity index (χ2n) is 8.93. The lowest BCUT2D eigenvalue weighted by molar-refractivity contribution is -0.137. The Labute approximate surface area is 205 Å². The van der Waals surface area contributed by atoms with Crippen molar-refractivity contribution in [2.45, 2.75) is 32.4 Å². The first-order chi connectivity index (χ1) is 16.3. The zero-order chi connectivity index (χ0) is 26.0. The van der Waals surface area contributed by atoms with Gasteiger partial charge in [-0.2, -0.15) is 18.3 Å². The number of hydrogen-bond donors (Lipinski definition) is 2. The lowest BCUT2D eigenvalue weighted by Gasteiger charge is -2.19. The summed E-state index contributed by atoms with van der Waals surface area (Å²) in [7, 11) is 1.31. The van der Waals surface area contributed by atoms with Gasteiger partial charge in [-0.15, -0.1) is 0 Å². The van der Waals surface area contributed by atoms with Crippen LogP contribution in [0.3, 0.4) is 0 Å². The summed E-state index contributed by atoms with van der Waals surface area (Å²) in [5, 5.41) is 10.1. The van der Waals surface area contributed by atoms with Crippen molar-refractivity contribution in [2.75, 3.05) is 24.2 Å². The molecule has 0 spiro atoms. The van der Waals surface area contributed by atoms with Gasteiger partial charge in [-0.1, -0.05) is 44.5 Å². The number of carbonyl (C=O) groups is 2. The Morgan fingerprint density at radius 2 is 1.66 bits per heavy atom. The molecule has 0 atom stereocenters. The summed E-state index contributed by atoms with van der Waals surface area (Å²) in [6.07, 6.45) is -4.63. The molecule has 2 aromatic carbocycles. The molecule has 0 aliphatic rings. The van der Waals surface area contributed by atoms with Gasteiger partial charge in [0.25, 0.3) is 0 Å². The van der Waals surface area contributed by atoms with Gasteiger partial charge in [0.05, 0.1) is 22.6 Å². The average Bonchev–Trinajstić information content (AvgIpc) is 3.18. The van der Waals surface area contributed by atoms with E-state index >= 15 is 0 Å². The second kappa shape index (κ2) is 9.99. The summed E-state index contributed by atoms with van der Waals surface area (Å²) >= 11 is 5.98. The molecule has 0 saturated carbocycles. The van der Waals surface area contributed by atoms with Crippen molar-refractivity contribution in [2.24, 2.45) is 0 Å². The Morgan fingerprint density at radius 1 is 1.03 bits per heavy atom. The maximum Gasteiger partial charge on any atom is 0.418 e. The molecule has 1 aromatic heterocycles. The van der Waals surface area contributed by atoms with Crippen molar-refractivity contribution in [1.82, 2.24) is 14.7 Å². The number of urea groups is 1. The van der Waals surface area contributed by atoms with E-state index in [9.17, 15) is 22.8 Å². The maximum absolute atomic E-state index is 13.2. The highest BCUT2D eigenvalue weighted by molar-refractivity contribution is 6.30. The zero-order valence-electron chi connectivity index (χ0n) is 19.6. The quantitative estimate of drug-likeness (QED) is 0.448. The van der Waals surface area contributed by atoms with Crippen molar-refractivity contribution in [3.05, 3.63) is 70.9 Å². The van der Waals surface area contributed by atoms with E-state index in [0.717, 1.165) is 22.7 Å². The minimum absolute atomic E-state index is 0.306. The third-order valence-electron chi connectivity index (χ3n) is 5.02. The van der Waals surface area contributed by atoms with Crippen LogP contribution in [0.5, 0.6) is 0 Å². The van der Waals surface area contributed by atoms with Gasteiger partial charge in [0.1, 0.15) is 12.4 Å². The van der Waals surface area contributed by atoms with E-state index in [1.54, 1.807) is 35.0 Å². The van der Waals surface area contributed by atoms with E-state index < -0.39 is 35.9 Å². The fourth-order valence-electron chi connectivity index (χ4n) is 3.14. The number of nitrogens with one attached hydrogen (secondary N) is 2. The van der Waals surface area contributed by atoms with Crippen LogP contribution in [-0.4, -0.2) is 40.2 Å². The molecule has 3 aromatic rings. The zero-order valence-corrected chi connectivity index (χ0v) is 20.3. The molecule has 0 fully saturated rings. The van der Waals surface area contributed by atoms with E-state index in [2.05, 4.69) is 15.7 Å². The Bertz CT molecular complexity index is 1220. The summed E-state index contributed by atoms with van der Waals surface area (Å²) in [6, 6.07) is 12.4. The number of benzene rings is 2. The highest BCUT2D eigenvalue weighted by Crippen LogP contribution is 2.34. The number of amides is 3. The highest BCUT2D eigenvalue weighted by Gasteiger charge is 2.34. The van der Waals surface area contributed by atoms with Crippen LogP contribution in [0.25, 0.3) is 5.69 Å². The first-order valence-corrected chi connectivity index (χ1v) is 11.0. The molecule has 3 rings (SSSR count). The van der Waals surface area contributed by atoms with Crippen LogP contribution in [-0.2, 0) is 16.4 Å². The van der Waals surface area contributed by atoms with E-state index in [1.807, 2.05) is 20.8 Å². The van der Waals surface area contributed by atoms with Gasteiger partial charge < -0.3 is 15.5 Å². The Hall–Kier alpha value is -3.53. The molecule has 2 N–H and O–H groups in total. The molecule has 3 amide bonds. The molecule has 11 heteroatoms. The molecule has 0 radical (unpaired) electrons. The van der Waals surface area contributed by atoms with Crippen molar-refractivity contribution in [3.8, 4) is 5.69 Å². The van der Waals surface area contributed by atoms with Gasteiger partial charge in [-0.3, -0.25) is 4.79 Å². The minimum atomic E-state index is -4.63. The predicted octanol–water partition coefficient (Wildman–Crippen LogP) is 5.94. The molecular formula is C24H25ClF3N5O2. The number of nitrogens with zero attached hydrogens (tertiary/aromatic N) is 3. The molecule has 0 bridgehead atoms. The normalized spacial score (nSPS) is 11.8. The summed E-state index contributed by atoms with van der Waals surface area (Å²) in [4.78, 5) is 26.2. The molecular weight excluding hydrogens is 483 g/mol. The monoisotopic (exact) mass is 507 g/mol. The van der Waals surface area contributed by atoms with Crippen molar-refractivity contribution < 1.29 is 22.8 Å². The smallest absolute Gasteiger partial charge is 0.318 e. The van der Waals surface area contributed by atoms with E-state index in [1.165, 1.54) is 19.2 Å². The molecule has 0 aliphatic carbocycles. The van der Waals surface area contributed by atoms with Crippen molar-refractivity contribution in [1.29, 1.82) is 0 Å². The summed E-state index contributed by atoms with van der Waals surface area (Å²) in [5.74, 6) is -0.180. The fourth-order valence-corrected chi connectivity index (χ4v) is 3.26. The lowest BCUT2D eigenvalue weighted by Crippen LogP contribution is -2.38. The molecule has 0 aliphatic heterocycles. The molecule has 35 heavy (non-hydrogen) atoms. The van der Waals surface area contributed by atoms with E-state index in [0.29, 0.717) is 16.5 Å². The average molecular weight is 508 g/mol. The number of anilines is 2. The molecule has 0 unspecified atom stereocenters. The second-order valence-corrected chi connectivity index (χ2v) is 9.37. The van der Waals surface area contributed by atoms with Gasteiger partial charge in [-0.05, 0) is 36.4 Å². The summed E-state index contributed by atoms with van der Waals surface area (Å²) < 4.78 is 41.1. The molecule has 0 saturated heterocycles. The molecule has 7 nitrogen and oxygen atoms in total. The third kappa shape index (κ3) is 6.54. The predicted molar refractivity (Wildman–Crippen MR) is 129 cm³/mol. The lowest BCUT2D eigenvalue weighted by atomic mass is 9.92. The maximum atomic E-state index is 13.2. The van der Waals surface area contributed by atoms with E-state index in [4.69, 9.17) is 11.6 Å². The third-order valence-corrected chi connectivity index (χ3v) is 5.27. The van der Waals surface area contributed by atoms with Crippen LogP contribution >= 0.6 is 11.6 Å². The first kappa shape index (κ1) is 26.1. The number of alkyl halides is 3. The number of aromatic nitrogens is 2. The van der Waals surface area contributed by atoms with Gasteiger partial charge in [0.2, 0.25) is 5.91 Å². The van der Waals surface area contributed by atoms with Gasteiger partial charge in [-0.25, -0.2) is 9.48 Å². The van der Waals surface area contributed by atoms with Crippen LogP contribution in [0, 0.1) is 0 Å². The van der Waals surface area contributed by atoms with Crippen molar-refractivity contribution >= 4 is 35.0 Å². The number of hydrogen-bond acceptors (Lipinski definition) is 3. The standard InChI is InChI=1S/C24H25ClF3N5O2/c1-23(2,3)19-13-20(33(31-19)16-11-9-15(25)10-12-16)30-21(34)14-32(4)22(35)29-18-8-6-5-7-17(18)24(26,27)28/h5-13H,14H2,1-4H3,(H,29,35)(H,30,34). The number of carbonyl (C=O) groups excluding carboxylic acids is 2. The Morgan fingerprint density at radius 3 is 2.26 bits per heavy atom. The van der Waals surface area contributed by atoms with Crippen LogP contribution in [0.1, 0.15) is 32.0 Å². The topological polar surface area (TPSA) is 79.3 Å². The summed E-state index contributed by atoms with van der Waals surface area (Å²) in [5.41, 5.74) is -0.298. The van der Waals surface area contributed by atoms with Gasteiger partial charge in [0.15, 0.2) is 0 Å². The van der Waals surface area contributed by atoms with Crippen LogP contribution in [0.4, 0.5) is 29.5 Å². The van der Waals surface area contributed by atoms with E-state index in [-0.39, 0.29) is 5.41 Å². The van der Waals surface area contributed by atoms with Gasteiger partial charge in [0, 0.05) is 23.6 Å². The number of likely N-dealkylation sites (N-methyl/N-ethyl adjacent to an activating group) is 1. The van der Waals surface area contributed by atoms with Crippen LogP contribution in [0.2, 0.25) is 5.02 Å².